The van der Waals surface area contributed by atoms with E-state index in [0.717, 1.165) is 10.0 Å². The molecular formula is C17H12BrNO4S. The normalized spacial score (nSPS) is 12.6. The van der Waals surface area contributed by atoms with E-state index in [1.807, 2.05) is 18.2 Å². The summed E-state index contributed by atoms with van der Waals surface area (Å²) in [7, 11) is 1.59. The van der Waals surface area contributed by atoms with Gasteiger partial charge in [0.25, 0.3) is 5.56 Å². The molecule has 0 saturated heterocycles. The second-order valence-electron chi connectivity index (χ2n) is 4.81. The summed E-state index contributed by atoms with van der Waals surface area (Å²) < 4.78 is 12.0. The number of benzene rings is 1. The number of carbonyl (C=O) groups is 1. The number of nitrogens with one attached hydrogen (secondary N) is 1. The number of Topliss-reactive ketones (excluding diaryl/α,β-unsaturated/α-hetero) is 1. The third-order valence-corrected chi connectivity index (χ3v) is 4.76. The van der Waals surface area contributed by atoms with Gasteiger partial charge in [0.15, 0.2) is 5.76 Å². The number of carbonyl (C=O) groups excluding carboxylic acids is 1. The van der Waals surface area contributed by atoms with Crippen LogP contribution in [0.15, 0.2) is 50.3 Å². The van der Waals surface area contributed by atoms with Gasteiger partial charge in [-0.1, -0.05) is 6.07 Å². The molecule has 0 saturated carbocycles. The summed E-state index contributed by atoms with van der Waals surface area (Å²) in [4.78, 5) is 26.7. The number of aromatic nitrogens is 1. The predicted octanol–water partition coefficient (Wildman–Crippen LogP) is 2.29. The first-order chi connectivity index (χ1) is 11.6. The molecule has 0 aliphatic carbocycles. The molecule has 0 fully saturated rings. The molecule has 0 aliphatic rings. The fourth-order valence-electron chi connectivity index (χ4n) is 2.06. The number of rotatable bonds is 4. The van der Waals surface area contributed by atoms with Gasteiger partial charge >= 0.3 is 0 Å². The van der Waals surface area contributed by atoms with Crippen LogP contribution in [0, 0.1) is 0 Å². The number of thiazole rings is 1. The van der Waals surface area contributed by atoms with Crippen molar-refractivity contribution in [1.82, 2.24) is 4.98 Å². The Kier molecular flexibility index (Phi) is 4.82. The first-order valence-electron chi connectivity index (χ1n) is 6.91. The summed E-state index contributed by atoms with van der Waals surface area (Å²) in [6, 6.07) is 8.73. The Morgan fingerprint density at radius 2 is 2.21 bits per heavy atom. The van der Waals surface area contributed by atoms with Gasteiger partial charge in [0.2, 0.25) is 5.78 Å². The molecule has 0 radical (unpaired) electrons. The summed E-state index contributed by atoms with van der Waals surface area (Å²) in [5.74, 6) is 0.649. The highest BCUT2D eigenvalue weighted by Gasteiger charge is 2.06. The second kappa shape index (κ2) is 7.02. The molecule has 0 unspecified atom stereocenters. The lowest BCUT2D eigenvalue weighted by atomic mass is 10.2. The van der Waals surface area contributed by atoms with Crippen molar-refractivity contribution < 1.29 is 13.9 Å². The van der Waals surface area contributed by atoms with Crippen molar-refractivity contribution in [3.05, 3.63) is 71.9 Å². The van der Waals surface area contributed by atoms with E-state index in [1.54, 1.807) is 25.3 Å². The molecule has 0 amide bonds. The van der Waals surface area contributed by atoms with Crippen LogP contribution in [0.1, 0.15) is 16.1 Å². The molecule has 0 aliphatic heterocycles. The van der Waals surface area contributed by atoms with E-state index < -0.39 is 0 Å². The Balaban J connectivity index is 1.98. The number of furan rings is 1. The molecule has 3 aromatic rings. The summed E-state index contributed by atoms with van der Waals surface area (Å²) >= 11 is 4.62. The molecule has 5 nitrogen and oxygen atoms in total. The highest BCUT2D eigenvalue weighted by molar-refractivity contribution is 9.10. The van der Waals surface area contributed by atoms with E-state index in [4.69, 9.17) is 9.15 Å². The van der Waals surface area contributed by atoms with Crippen LogP contribution < -0.4 is 19.5 Å². The molecule has 122 valence electrons. The number of aromatic amines is 1. The van der Waals surface area contributed by atoms with Gasteiger partial charge in [0.05, 0.1) is 27.0 Å². The lowest BCUT2D eigenvalue weighted by molar-refractivity contribution is 0.103. The van der Waals surface area contributed by atoms with Crippen molar-refractivity contribution in [3.8, 4) is 5.75 Å². The largest absolute Gasteiger partial charge is 0.496 e. The van der Waals surface area contributed by atoms with Crippen molar-refractivity contribution in [2.45, 2.75) is 0 Å². The minimum Gasteiger partial charge on any atom is -0.496 e. The Hall–Kier alpha value is -2.38. The van der Waals surface area contributed by atoms with Crippen LogP contribution in [-0.4, -0.2) is 17.9 Å². The Morgan fingerprint density at radius 3 is 2.88 bits per heavy atom. The van der Waals surface area contributed by atoms with E-state index >= 15 is 0 Å². The first kappa shape index (κ1) is 16.5. The number of ether oxygens (including phenoxy) is 1. The van der Waals surface area contributed by atoms with E-state index in [1.165, 1.54) is 23.7 Å². The summed E-state index contributed by atoms with van der Waals surface area (Å²) in [5.41, 5.74) is 0.601. The SMILES string of the molecule is COc1ccc(/C=c2\s/c(=C\C(=O)c3ccco3)[nH]c2=O)cc1Br. The molecule has 24 heavy (non-hydrogen) atoms. The smallest absolute Gasteiger partial charge is 0.266 e. The van der Waals surface area contributed by atoms with Crippen LogP contribution in [0.25, 0.3) is 12.2 Å². The first-order valence-corrected chi connectivity index (χ1v) is 8.52. The highest BCUT2D eigenvalue weighted by Crippen LogP contribution is 2.25. The maximum absolute atomic E-state index is 12.1. The topological polar surface area (TPSA) is 72.3 Å². The molecule has 0 atom stereocenters. The fourth-order valence-corrected chi connectivity index (χ4v) is 3.50. The highest BCUT2D eigenvalue weighted by atomic mass is 79.9. The molecule has 2 heterocycles. The molecule has 0 spiro atoms. The van der Waals surface area contributed by atoms with Crippen molar-refractivity contribution in [2.24, 2.45) is 0 Å². The third-order valence-electron chi connectivity index (χ3n) is 3.18. The van der Waals surface area contributed by atoms with Crippen LogP contribution in [0.3, 0.4) is 0 Å². The van der Waals surface area contributed by atoms with Gasteiger partial charge in [0.1, 0.15) is 5.75 Å². The molecule has 0 bridgehead atoms. The van der Waals surface area contributed by atoms with Crippen molar-refractivity contribution in [2.75, 3.05) is 7.11 Å². The number of hydrogen-bond acceptors (Lipinski definition) is 5. The number of halogens is 1. The molecule has 2 aromatic heterocycles. The van der Waals surface area contributed by atoms with Crippen LogP contribution in [0.4, 0.5) is 0 Å². The zero-order valence-corrected chi connectivity index (χ0v) is 14.9. The van der Waals surface area contributed by atoms with Gasteiger partial charge in [-0.3, -0.25) is 9.59 Å². The Labute approximate surface area is 149 Å². The Bertz CT molecular complexity index is 1050. The zero-order chi connectivity index (χ0) is 17.1. The molecule has 3 rings (SSSR count). The minimum absolute atomic E-state index is 0.230. The molecule has 1 N–H and O–H groups in total. The van der Waals surface area contributed by atoms with Gasteiger partial charge in [-0.05, 0) is 51.8 Å². The molecule has 1 aromatic carbocycles. The van der Waals surface area contributed by atoms with E-state index in [9.17, 15) is 9.59 Å². The van der Waals surface area contributed by atoms with Gasteiger partial charge in [-0.25, -0.2) is 0 Å². The summed E-state index contributed by atoms with van der Waals surface area (Å²) in [6.45, 7) is 0. The third kappa shape index (κ3) is 3.58. The molecular weight excluding hydrogens is 394 g/mol. The Morgan fingerprint density at radius 1 is 1.38 bits per heavy atom. The standard InChI is InChI=1S/C17H12BrNO4S/c1-22-13-5-4-10(7-11(13)18)8-15-17(21)19-16(24-15)9-12(20)14-3-2-6-23-14/h2-9H,1H3,(H,19,21)/b15-8-,16-9-. The molecule has 7 heteroatoms. The minimum atomic E-state index is -0.295. The maximum atomic E-state index is 12.1. The monoisotopic (exact) mass is 405 g/mol. The van der Waals surface area contributed by atoms with E-state index in [0.29, 0.717) is 14.9 Å². The van der Waals surface area contributed by atoms with E-state index in [-0.39, 0.29) is 17.1 Å². The predicted molar refractivity (Wildman–Crippen MR) is 96.0 cm³/mol. The lowest BCUT2D eigenvalue weighted by Crippen LogP contribution is -2.20. The zero-order valence-electron chi connectivity index (χ0n) is 12.5. The number of ketones is 1. The van der Waals surface area contributed by atoms with Crippen molar-refractivity contribution in [1.29, 1.82) is 0 Å². The van der Waals surface area contributed by atoms with Crippen molar-refractivity contribution >= 4 is 45.2 Å². The number of methoxy groups -OCH3 is 1. The number of hydrogen-bond donors (Lipinski definition) is 1. The maximum Gasteiger partial charge on any atom is 0.266 e. The summed E-state index contributed by atoms with van der Waals surface area (Å²) in [5, 5.41) is 0. The summed E-state index contributed by atoms with van der Waals surface area (Å²) in [6.07, 6.45) is 4.54. The van der Waals surface area contributed by atoms with Gasteiger partial charge in [-0.15, -0.1) is 11.3 Å². The van der Waals surface area contributed by atoms with Crippen LogP contribution >= 0.6 is 27.3 Å². The van der Waals surface area contributed by atoms with Crippen LogP contribution in [0.2, 0.25) is 0 Å². The average molecular weight is 406 g/mol. The van der Waals surface area contributed by atoms with E-state index in [2.05, 4.69) is 20.9 Å². The van der Waals surface area contributed by atoms with Gasteiger partial charge < -0.3 is 14.1 Å². The average Bonchev–Trinajstić information content (AvgIpc) is 3.18. The number of H-pyrrole nitrogens is 1. The fraction of sp³-hybridized carbons (Fsp3) is 0.0588. The van der Waals surface area contributed by atoms with Crippen molar-refractivity contribution in [3.63, 3.8) is 0 Å². The van der Waals surface area contributed by atoms with Gasteiger partial charge in [-0.2, -0.15) is 0 Å². The second-order valence-corrected chi connectivity index (χ2v) is 6.75. The van der Waals surface area contributed by atoms with Crippen LogP contribution in [-0.2, 0) is 0 Å². The quantitative estimate of drug-likeness (QED) is 0.675. The van der Waals surface area contributed by atoms with Gasteiger partial charge in [0, 0.05) is 6.08 Å². The van der Waals surface area contributed by atoms with Crippen LogP contribution in [0.5, 0.6) is 5.75 Å². The lowest BCUT2D eigenvalue weighted by Gasteiger charge is -2.02.